The Morgan fingerprint density at radius 2 is 1.58 bits per heavy atom. The molecular weight excluding hydrogens is 325 g/mol. The molecule has 0 aliphatic rings. The van der Waals surface area contributed by atoms with E-state index in [0.717, 1.165) is 4.47 Å². The van der Waals surface area contributed by atoms with Crippen molar-refractivity contribution in [3.05, 3.63) is 53.0 Å². The smallest absolute Gasteiger partial charge is 0.457 e. The van der Waals surface area contributed by atoms with Gasteiger partial charge in [-0.05, 0) is 48.5 Å². The normalized spacial score (nSPS) is 11.2. The molecule has 0 amide bonds. The van der Waals surface area contributed by atoms with Crippen molar-refractivity contribution in [2.24, 2.45) is 0 Å². The van der Waals surface area contributed by atoms with Gasteiger partial charge in [-0.1, -0.05) is 15.9 Å². The zero-order chi connectivity index (χ0) is 13.9. The fraction of sp³-hybridized carbons (Fsp3) is 0.0769. The van der Waals surface area contributed by atoms with E-state index in [2.05, 4.69) is 26.7 Å². The third kappa shape index (κ3) is 4.48. The summed E-state index contributed by atoms with van der Waals surface area (Å²) < 4.78 is 45.9. The highest BCUT2D eigenvalue weighted by molar-refractivity contribution is 9.10. The maximum absolute atomic E-state index is 12.0. The van der Waals surface area contributed by atoms with Crippen LogP contribution in [0.5, 0.6) is 17.2 Å². The highest BCUT2D eigenvalue weighted by Gasteiger charge is 2.30. The fourth-order valence-corrected chi connectivity index (χ4v) is 1.68. The van der Waals surface area contributed by atoms with Crippen LogP contribution in [0.3, 0.4) is 0 Å². The summed E-state index contributed by atoms with van der Waals surface area (Å²) in [6.45, 7) is 0. The second-order valence-electron chi connectivity index (χ2n) is 3.49. The van der Waals surface area contributed by atoms with Gasteiger partial charge in [0.15, 0.2) is 0 Å². The van der Waals surface area contributed by atoms with Gasteiger partial charge in [0.1, 0.15) is 17.2 Å². The predicted molar refractivity (Wildman–Crippen MR) is 66.2 cm³/mol. The summed E-state index contributed by atoms with van der Waals surface area (Å²) in [4.78, 5) is 0. The second-order valence-corrected chi connectivity index (χ2v) is 4.35. The lowest BCUT2D eigenvalue weighted by molar-refractivity contribution is -0.274. The maximum Gasteiger partial charge on any atom is 0.573 e. The average Bonchev–Trinajstić information content (AvgIpc) is 2.30. The van der Waals surface area contributed by atoms with Crippen molar-refractivity contribution in [2.45, 2.75) is 6.36 Å². The van der Waals surface area contributed by atoms with Crippen LogP contribution in [0.1, 0.15) is 0 Å². The molecule has 0 aliphatic heterocycles. The molecule has 99 valence electrons. The van der Waals surface area contributed by atoms with Gasteiger partial charge in [-0.3, -0.25) is 0 Å². The molecule has 0 unspecified atom stereocenters. The number of hydrogen-bond acceptors (Lipinski definition) is 2. The number of ether oxygens (including phenoxy) is 2. The zero-order valence-electron chi connectivity index (χ0n) is 9.37. The van der Waals surface area contributed by atoms with E-state index in [0.29, 0.717) is 11.5 Å². The first-order valence-corrected chi connectivity index (χ1v) is 5.92. The summed E-state index contributed by atoms with van der Waals surface area (Å²) in [5.74, 6) is 0.671. The molecule has 2 rings (SSSR count). The molecule has 0 heterocycles. The highest BCUT2D eigenvalue weighted by atomic mass is 79.9. The topological polar surface area (TPSA) is 18.5 Å². The Hall–Kier alpha value is -1.69. The Bertz CT molecular complexity index is 553. The molecule has 0 N–H and O–H groups in total. The van der Waals surface area contributed by atoms with Gasteiger partial charge in [0.25, 0.3) is 0 Å². The minimum absolute atomic E-state index is 0.289. The molecule has 0 fully saturated rings. The Labute approximate surface area is 115 Å². The molecule has 0 saturated carbocycles. The van der Waals surface area contributed by atoms with Crippen molar-refractivity contribution in [1.29, 1.82) is 0 Å². The van der Waals surface area contributed by atoms with Gasteiger partial charge >= 0.3 is 6.36 Å². The quantitative estimate of drug-likeness (QED) is 0.793. The first-order valence-electron chi connectivity index (χ1n) is 5.13. The highest BCUT2D eigenvalue weighted by Crippen LogP contribution is 2.28. The molecule has 2 aromatic carbocycles. The Balaban J connectivity index is 2.07. The van der Waals surface area contributed by atoms with Crippen molar-refractivity contribution in [3.63, 3.8) is 0 Å². The van der Waals surface area contributed by atoms with E-state index in [1.54, 1.807) is 18.2 Å². The molecule has 0 saturated heterocycles. The van der Waals surface area contributed by atoms with Gasteiger partial charge in [0.05, 0.1) is 0 Å². The first-order chi connectivity index (χ1) is 8.92. The third-order valence-corrected chi connectivity index (χ3v) is 2.49. The molecule has 2 nitrogen and oxygen atoms in total. The molecular formula is C13H7BrF3O2. The number of hydrogen-bond donors (Lipinski definition) is 0. The molecule has 1 radical (unpaired) electrons. The number of halogens is 4. The standard InChI is InChI=1S/C13H7BrF3O2/c14-9-2-1-3-12(8-9)18-10-4-6-11(7-5-10)19-13(15,16)17/h1,3-8H. The van der Waals surface area contributed by atoms with E-state index in [1.165, 1.54) is 24.3 Å². The summed E-state index contributed by atoms with van der Waals surface area (Å²) in [6.07, 6.45) is -4.69. The summed E-state index contributed by atoms with van der Waals surface area (Å²) in [6, 6.07) is 13.1. The predicted octanol–water partition coefficient (Wildman–Crippen LogP) is 4.94. The van der Waals surface area contributed by atoms with E-state index >= 15 is 0 Å². The minimum atomic E-state index is -4.69. The lowest BCUT2D eigenvalue weighted by atomic mass is 10.3. The maximum atomic E-state index is 12.0. The summed E-state index contributed by atoms with van der Waals surface area (Å²) in [5, 5.41) is 0. The monoisotopic (exact) mass is 331 g/mol. The summed E-state index contributed by atoms with van der Waals surface area (Å²) >= 11 is 3.24. The lowest BCUT2D eigenvalue weighted by Gasteiger charge is -2.10. The van der Waals surface area contributed by atoms with Gasteiger partial charge < -0.3 is 9.47 Å². The van der Waals surface area contributed by atoms with Crippen LogP contribution in [-0.4, -0.2) is 6.36 Å². The van der Waals surface area contributed by atoms with Crippen molar-refractivity contribution in [1.82, 2.24) is 0 Å². The summed E-state index contributed by atoms with van der Waals surface area (Å²) in [5.41, 5.74) is 0. The third-order valence-electron chi connectivity index (χ3n) is 2.03. The number of alkyl halides is 3. The summed E-state index contributed by atoms with van der Waals surface area (Å²) in [7, 11) is 0. The van der Waals surface area contributed by atoms with Gasteiger partial charge in [-0.2, -0.15) is 0 Å². The van der Waals surface area contributed by atoms with Crippen molar-refractivity contribution < 1.29 is 22.6 Å². The van der Waals surface area contributed by atoms with Crippen LogP contribution in [-0.2, 0) is 0 Å². The molecule has 0 atom stereocenters. The van der Waals surface area contributed by atoms with Gasteiger partial charge in [0.2, 0.25) is 0 Å². The van der Waals surface area contributed by atoms with Crippen molar-refractivity contribution in [3.8, 4) is 17.2 Å². The number of rotatable bonds is 3. The minimum Gasteiger partial charge on any atom is -0.457 e. The second kappa shape index (κ2) is 5.52. The van der Waals surface area contributed by atoms with E-state index in [-0.39, 0.29) is 5.75 Å². The fourth-order valence-electron chi connectivity index (χ4n) is 1.33. The van der Waals surface area contributed by atoms with E-state index in [1.807, 2.05) is 0 Å². The van der Waals surface area contributed by atoms with Gasteiger partial charge in [-0.15, -0.1) is 13.2 Å². The Morgan fingerprint density at radius 3 is 2.16 bits per heavy atom. The van der Waals surface area contributed by atoms with Crippen LogP contribution in [0.2, 0.25) is 0 Å². The van der Waals surface area contributed by atoms with E-state index in [9.17, 15) is 13.2 Å². The van der Waals surface area contributed by atoms with Crippen LogP contribution >= 0.6 is 15.9 Å². The van der Waals surface area contributed by atoms with Gasteiger partial charge in [-0.25, -0.2) is 0 Å². The largest absolute Gasteiger partial charge is 0.573 e. The zero-order valence-corrected chi connectivity index (χ0v) is 11.0. The van der Waals surface area contributed by atoms with Crippen LogP contribution in [0.4, 0.5) is 13.2 Å². The molecule has 2 aromatic rings. The van der Waals surface area contributed by atoms with E-state index < -0.39 is 6.36 Å². The molecule has 6 heteroatoms. The molecule has 0 aliphatic carbocycles. The van der Waals surface area contributed by atoms with Crippen LogP contribution in [0.25, 0.3) is 0 Å². The van der Waals surface area contributed by atoms with E-state index in [4.69, 9.17) is 4.74 Å². The first kappa shape index (κ1) is 13.7. The Kier molecular flexibility index (Phi) is 3.99. The molecule has 0 aromatic heterocycles. The van der Waals surface area contributed by atoms with Crippen LogP contribution in [0.15, 0.2) is 46.9 Å². The molecule has 0 spiro atoms. The number of benzene rings is 2. The Morgan fingerprint density at radius 1 is 0.947 bits per heavy atom. The molecule has 19 heavy (non-hydrogen) atoms. The van der Waals surface area contributed by atoms with Crippen molar-refractivity contribution >= 4 is 15.9 Å². The molecule has 0 bridgehead atoms. The van der Waals surface area contributed by atoms with Gasteiger partial charge in [0, 0.05) is 4.47 Å². The van der Waals surface area contributed by atoms with Crippen molar-refractivity contribution in [2.75, 3.05) is 0 Å². The lowest BCUT2D eigenvalue weighted by Crippen LogP contribution is -2.16. The van der Waals surface area contributed by atoms with Crippen LogP contribution < -0.4 is 9.47 Å². The average molecular weight is 332 g/mol. The SMILES string of the molecule is FC(F)(F)Oc1ccc(Oc2cc[c]c(Br)c2)cc1. The van der Waals surface area contributed by atoms with Crippen LogP contribution in [0, 0.1) is 6.07 Å².